The molecule has 0 aliphatic carbocycles. The van der Waals surface area contributed by atoms with E-state index >= 15 is 0 Å². The molecular formula is C16H13NO3. The van der Waals surface area contributed by atoms with Gasteiger partial charge in [0.05, 0.1) is 11.3 Å². The van der Waals surface area contributed by atoms with E-state index in [9.17, 15) is 9.59 Å². The molecule has 100 valence electrons. The fourth-order valence-electron chi connectivity index (χ4n) is 2.46. The zero-order chi connectivity index (χ0) is 14.1. The van der Waals surface area contributed by atoms with E-state index in [1.54, 1.807) is 17.0 Å². The average molecular weight is 267 g/mol. The SMILES string of the molecule is O=C(O)c1ccc(N2C(=O)CCc3ccccc32)cc1. The van der Waals surface area contributed by atoms with E-state index in [0.29, 0.717) is 12.1 Å². The molecule has 0 fully saturated rings. The van der Waals surface area contributed by atoms with E-state index in [4.69, 9.17) is 5.11 Å². The summed E-state index contributed by atoms with van der Waals surface area (Å²) in [6.07, 6.45) is 1.22. The van der Waals surface area contributed by atoms with E-state index in [0.717, 1.165) is 17.7 Å². The van der Waals surface area contributed by atoms with Crippen LogP contribution < -0.4 is 4.90 Å². The fourth-order valence-corrected chi connectivity index (χ4v) is 2.46. The molecule has 4 heteroatoms. The number of carbonyl (C=O) groups is 2. The molecule has 20 heavy (non-hydrogen) atoms. The van der Waals surface area contributed by atoms with Crippen LogP contribution in [0.15, 0.2) is 48.5 Å². The lowest BCUT2D eigenvalue weighted by molar-refractivity contribution is -0.118. The van der Waals surface area contributed by atoms with Crippen molar-refractivity contribution >= 4 is 23.3 Å². The number of aromatic carboxylic acids is 1. The zero-order valence-corrected chi connectivity index (χ0v) is 10.7. The van der Waals surface area contributed by atoms with Gasteiger partial charge in [-0.15, -0.1) is 0 Å². The van der Waals surface area contributed by atoms with Crippen molar-refractivity contribution in [3.8, 4) is 0 Å². The van der Waals surface area contributed by atoms with E-state index in [1.165, 1.54) is 12.1 Å². The van der Waals surface area contributed by atoms with Crippen molar-refractivity contribution in [2.24, 2.45) is 0 Å². The number of anilines is 2. The van der Waals surface area contributed by atoms with Crippen LogP contribution in [-0.2, 0) is 11.2 Å². The van der Waals surface area contributed by atoms with Crippen molar-refractivity contribution in [1.29, 1.82) is 0 Å². The summed E-state index contributed by atoms with van der Waals surface area (Å²) >= 11 is 0. The van der Waals surface area contributed by atoms with Gasteiger partial charge in [-0.25, -0.2) is 4.79 Å². The Morgan fingerprint density at radius 3 is 2.40 bits per heavy atom. The van der Waals surface area contributed by atoms with Crippen molar-refractivity contribution in [1.82, 2.24) is 0 Å². The molecule has 1 aliphatic heterocycles. The first-order valence-corrected chi connectivity index (χ1v) is 6.41. The molecule has 1 amide bonds. The van der Waals surface area contributed by atoms with Gasteiger partial charge in [-0.2, -0.15) is 0 Å². The highest BCUT2D eigenvalue weighted by molar-refractivity contribution is 6.03. The van der Waals surface area contributed by atoms with Gasteiger partial charge in [0.25, 0.3) is 0 Å². The molecule has 0 spiro atoms. The van der Waals surface area contributed by atoms with E-state index in [2.05, 4.69) is 0 Å². The lowest BCUT2D eigenvalue weighted by atomic mass is 10.0. The third-order valence-corrected chi connectivity index (χ3v) is 3.46. The van der Waals surface area contributed by atoms with Gasteiger partial charge in [0.1, 0.15) is 0 Å². The summed E-state index contributed by atoms with van der Waals surface area (Å²) in [4.78, 5) is 24.7. The van der Waals surface area contributed by atoms with Crippen LogP contribution >= 0.6 is 0 Å². The third kappa shape index (κ3) is 2.05. The first-order valence-electron chi connectivity index (χ1n) is 6.41. The maximum atomic E-state index is 12.2. The number of hydrogen-bond donors (Lipinski definition) is 1. The van der Waals surface area contributed by atoms with E-state index in [1.807, 2.05) is 24.3 Å². The number of nitrogens with zero attached hydrogens (tertiary/aromatic N) is 1. The summed E-state index contributed by atoms with van der Waals surface area (Å²) in [5, 5.41) is 8.92. The van der Waals surface area contributed by atoms with Gasteiger partial charge < -0.3 is 5.11 Å². The van der Waals surface area contributed by atoms with Crippen molar-refractivity contribution in [2.75, 3.05) is 4.90 Å². The molecule has 1 N–H and O–H groups in total. The minimum atomic E-state index is -0.970. The van der Waals surface area contributed by atoms with Gasteiger partial charge in [0, 0.05) is 12.1 Å². The number of carbonyl (C=O) groups excluding carboxylic acids is 1. The highest BCUT2D eigenvalue weighted by Crippen LogP contribution is 2.33. The number of hydrogen-bond acceptors (Lipinski definition) is 2. The minimum Gasteiger partial charge on any atom is -0.478 e. The van der Waals surface area contributed by atoms with Crippen molar-refractivity contribution < 1.29 is 14.7 Å². The molecule has 0 atom stereocenters. The molecule has 0 radical (unpaired) electrons. The summed E-state index contributed by atoms with van der Waals surface area (Å²) in [5.74, 6) is -0.936. The Kier molecular flexibility index (Phi) is 2.99. The minimum absolute atomic E-state index is 0.0341. The molecule has 0 unspecified atom stereocenters. The Morgan fingerprint density at radius 2 is 1.70 bits per heavy atom. The topological polar surface area (TPSA) is 57.6 Å². The molecule has 0 bridgehead atoms. The number of carboxylic acid groups (broad SMARTS) is 1. The summed E-state index contributed by atoms with van der Waals surface area (Å²) in [6, 6.07) is 14.2. The van der Waals surface area contributed by atoms with Crippen LogP contribution in [0.4, 0.5) is 11.4 Å². The number of fused-ring (bicyclic) bond motifs is 1. The van der Waals surface area contributed by atoms with Gasteiger partial charge in [-0.1, -0.05) is 18.2 Å². The number of benzene rings is 2. The van der Waals surface area contributed by atoms with Crippen LogP contribution in [0, 0.1) is 0 Å². The summed E-state index contributed by atoms with van der Waals surface area (Å²) in [5.41, 5.74) is 2.93. The summed E-state index contributed by atoms with van der Waals surface area (Å²) in [7, 11) is 0. The fraction of sp³-hybridized carbons (Fsp3) is 0.125. The Morgan fingerprint density at radius 1 is 1.00 bits per heavy atom. The second-order valence-corrected chi connectivity index (χ2v) is 4.71. The van der Waals surface area contributed by atoms with E-state index in [-0.39, 0.29) is 11.5 Å². The number of rotatable bonds is 2. The number of amides is 1. The molecule has 3 rings (SSSR count). The van der Waals surface area contributed by atoms with Crippen molar-refractivity contribution in [3.63, 3.8) is 0 Å². The maximum absolute atomic E-state index is 12.2. The normalized spacial score (nSPS) is 14.0. The largest absolute Gasteiger partial charge is 0.478 e. The molecule has 0 aromatic heterocycles. The van der Waals surface area contributed by atoms with Crippen LogP contribution in [0.1, 0.15) is 22.3 Å². The molecule has 0 saturated heterocycles. The maximum Gasteiger partial charge on any atom is 0.335 e. The molecule has 2 aromatic rings. The second kappa shape index (κ2) is 4.81. The quantitative estimate of drug-likeness (QED) is 0.910. The second-order valence-electron chi connectivity index (χ2n) is 4.71. The van der Waals surface area contributed by atoms with Crippen LogP contribution in [0.25, 0.3) is 0 Å². The Hall–Kier alpha value is -2.62. The van der Waals surface area contributed by atoms with Gasteiger partial charge in [0.15, 0.2) is 0 Å². The van der Waals surface area contributed by atoms with Gasteiger partial charge in [-0.3, -0.25) is 9.69 Å². The molecule has 1 heterocycles. The molecule has 0 saturated carbocycles. The van der Waals surface area contributed by atoms with Crippen LogP contribution in [0.3, 0.4) is 0 Å². The Balaban J connectivity index is 2.04. The summed E-state index contributed by atoms with van der Waals surface area (Å²) < 4.78 is 0. The average Bonchev–Trinajstić information content (AvgIpc) is 2.47. The van der Waals surface area contributed by atoms with Crippen LogP contribution in [-0.4, -0.2) is 17.0 Å². The lowest BCUT2D eigenvalue weighted by Gasteiger charge is -2.29. The first kappa shape index (κ1) is 12.4. The number of aryl methyl sites for hydroxylation is 1. The highest BCUT2D eigenvalue weighted by atomic mass is 16.4. The predicted molar refractivity (Wildman–Crippen MR) is 75.3 cm³/mol. The van der Waals surface area contributed by atoms with Gasteiger partial charge >= 0.3 is 5.97 Å². The lowest BCUT2D eigenvalue weighted by Crippen LogP contribution is -2.30. The third-order valence-electron chi connectivity index (χ3n) is 3.46. The van der Waals surface area contributed by atoms with Gasteiger partial charge in [0.2, 0.25) is 5.91 Å². The monoisotopic (exact) mass is 267 g/mol. The molecular weight excluding hydrogens is 254 g/mol. The number of carboxylic acids is 1. The summed E-state index contributed by atoms with van der Waals surface area (Å²) in [6.45, 7) is 0. The smallest absolute Gasteiger partial charge is 0.335 e. The van der Waals surface area contributed by atoms with Crippen molar-refractivity contribution in [3.05, 3.63) is 59.7 Å². The predicted octanol–water partition coefficient (Wildman–Crippen LogP) is 3.00. The van der Waals surface area contributed by atoms with Crippen LogP contribution in [0.2, 0.25) is 0 Å². The van der Waals surface area contributed by atoms with Crippen molar-refractivity contribution in [2.45, 2.75) is 12.8 Å². The first-order chi connectivity index (χ1) is 9.66. The molecule has 1 aliphatic rings. The number of para-hydroxylation sites is 1. The molecule has 2 aromatic carbocycles. The Labute approximate surface area is 116 Å². The van der Waals surface area contributed by atoms with Gasteiger partial charge in [-0.05, 0) is 42.3 Å². The van der Waals surface area contributed by atoms with E-state index < -0.39 is 5.97 Å². The highest BCUT2D eigenvalue weighted by Gasteiger charge is 2.25. The van der Waals surface area contributed by atoms with Crippen LogP contribution in [0.5, 0.6) is 0 Å². The zero-order valence-electron chi connectivity index (χ0n) is 10.7. The standard InChI is InChI=1S/C16H13NO3/c18-15-10-7-11-3-1-2-4-14(11)17(15)13-8-5-12(6-9-13)16(19)20/h1-6,8-9H,7,10H2,(H,19,20). The Bertz CT molecular complexity index is 676. The molecule has 4 nitrogen and oxygen atoms in total.